The normalized spacial score (nSPS) is 17.0. The van der Waals surface area contributed by atoms with Gasteiger partial charge >= 0.3 is 18.9 Å². The van der Waals surface area contributed by atoms with E-state index in [1.807, 2.05) is 0 Å². The molecule has 0 rings (SSSR count). The fraction of sp³-hybridized carbons (Fsp3) is 1.00. The van der Waals surface area contributed by atoms with Crippen LogP contribution in [0, 0.1) is 17.8 Å². The van der Waals surface area contributed by atoms with Crippen molar-refractivity contribution in [3.05, 3.63) is 0 Å². The molecule has 0 aromatic heterocycles. The largest absolute Gasteiger partial charge is 1.00 e. The first-order valence-electron chi connectivity index (χ1n) is 12.2. The first-order valence-corrected chi connectivity index (χ1v) is 14.8. The molecular formula is C24H53LiOSi. The molecule has 0 aromatic rings. The van der Waals surface area contributed by atoms with Gasteiger partial charge in [-0.25, -0.2) is 0 Å². The van der Waals surface area contributed by atoms with Gasteiger partial charge in [0.05, 0.1) is 0 Å². The number of hydrogen-bond acceptors (Lipinski definition) is 1. The molecule has 0 spiro atoms. The third-order valence-corrected chi connectivity index (χ3v) is 10.6. The Labute approximate surface area is 187 Å². The van der Waals surface area contributed by atoms with E-state index in [4.69, 9.17) is 0 Å². The summed E-state index contributed by atoms with van der Waals surface area (Å²) in [5.41, 5.74) is 0. The SMILES string of the molecule is CCCCC(CC)C[Si](O)(CC(CC)CCCC)CC(CC)CCCC.[H-].[Li+]. The van der Waals surface area contributed by atoms with Gasteiger partial charge in [-0.3, -0.25) is 0 Å². The maximum Gasteiger partial charge on any atom is 1.00 e. The van der Waals surface area contributed by atoms with E-state index in [9.17, 15) is 4.80 Å². The zero-order valence-corrected chi connectivity index (χ0v) is 21.3. The zero-order valence-electron chi connectivity index (χ0n) is 21.3. The third-order valence-electron chi connectivity index (χ3n) is 6.64. The summed E-state index contributed by atoms with van der Waals surface area (Å²) in [5, 5.41) is 0. The summed E-state index contributed by atoms with van der Waals surface area (Å²) in [4.78, 5) is 12.0. The molecule has 0 radical (unpaired) electrons. The van der Waals surface area contributed by atoms with Gasteiger partial charge in [0, 0.05) is 0 Å². The molecule has 3 atom stereocenters. The zero-order chi connectivity index (χ0) is 19.8. The van der Waals surface area contributed by atoms with E-state index in [-0.39, 0.29) is 20.3 Å². The van der Waals surface area contributed by atoms with Gasteiger partial charge in [0.1, 0.15) is 0 Å². The minimum Gasteiger partial charge on any atom is -1.00 e. The van der Waals surface area contributed by atoms with Crippen LogP contribution in [-0.2, 0) is 0 Å². The van der Waals surface area contributed by atoms with Crippen molar-refractivity contribution >= 4 is 8.32 Å². The van der Waals surface area contributed by atoms with E-state index < -0.39 is 8.32 Å². The molecule has 160 valence electrons. The van der Waals surface area contributed by atoms with Crippen molar-refractivity contribution in [2.75, 3.05) is 0 Å². The fourth-order valence-corrected chi connectivity index (χ4v) is 9.89. The van der Waals surface area contributed by atoms with E-state index in [1.165, 1.54) is 95.2 Å². The van der Waals surface area contributed by atoms with Crippen LogP contribution in [0.25, 0.3) is 0 Å². The quantitative estimate of drug-likeness (QED) is 0.297. The van der Waals surface area contributed by atoms with Crippen molar-refractivity contribution in [1.29, 1.82) is 0 Å². The average molecular weight is 393 g/mol. The second-order valence-corrected chi connectivity index (χ2v) is 12.8. The van der Waals surface area contributed by atoms with Crippen molar-refractivity contribution < 1.29 is 25.1 Å². The van der Waals surface area contributed by atoms with Crippen LogP contribution in [0.5, 0.6) is 0 Å². The molecule has 0 saturated heterocycles. The summed E-state index contributed by atoms with van der Waals surface area (Å²) >= 11 is 0. The van der Waals surface area contributed by atoms with Gasteiger partial charge in [-0.05, 0) is 35.9 Å². The van der Waals surface area contributed by atoms with Crippen LogP contribution in [0.2, 0.25) is 18.1 Å². The summed E-state index contributed by atoms with van der Waals surface area (Å²) in [6, 6.07) is 3.53. The Hall–Kier alpha value is 0.774. The van der Waals surface area contributed by atoms with E-state index in [0.29, 0.717) is 0 Å². The first-order chi connectivity index (χ1) is 12.5. The van der Waals surface area contributed by atoms with Crippen molar-refractivity contribution in [2.24, 2.45) is 17.8 Å². The third kappa shape index (κ3) is 14.4. The number of unbranched alkanes of at least 4 members (excludes halogenated alkanes) is 3. The second kappa shape index (κ2) is 18.8. The van der Waals surface area contributed by atoms with Crippen molar-refractivity contribution in [3.63, 3.8) is 0 Å². The van der Waals surface area contributed by atoms with Gasteiger partial charge in [0.15, 0.2) is 8.32 Å². The molecule has 0 aromatic carbocycles. The number of hydrogen-bond donors (Lipinski definition) is 1. The van der Waals surface area contributed by atoms with Gasteiger partial charge in [-0.1, -0.05) is 119 Å². The Morgan fingerprint density at radius 1 is 0.593 bits per heavy atom. The molecule has 3 unspecified atom stereocenters. The summed E-state index contributed by atoms with van der Waals surface area (Å²) in [6.45, 7) is 13.9. The van der Waals surface area contributed by atoms with Gasteiger partial charge in [-0.2, -0.15) is 0 Å². The Morgan fingerprint density at radius 3 is 1.04 bits per heavy atom. The molecule has 0 fully saturated rings. The summed E-state index contributed by atoms with van der Waals surface area (Å²) < 4.78 is 0. The van der Waals surface area contributed by atoms with E-state index in [0.717, 1.165) is 17.8 Å². The first kappa shape index (κ1) is 30.0. The molecule has 1 N–H and O–H groups in total. The average Bonchev–Trinajstić information content (AvgIpc) is 2.65. The molecule has 0 aliphatic carbocycles. The van der Waals surface area contributed by atoms with Crippen LogP contribution in [0.1, 0.15) is 120 Å². The van der Waals surface area contributed by atoms with Gasteiger partial charge in [-0.15, -0.1) is 0 Å². The molecule has 27 heavy (non-hydrogen) atoms. The molecule has 1 nitrogen and oxygen atoms in total. The molecular weight excluding hydrogens is 339 g/mol. The predicted molar refractivity (Wildman–Crippen MR) is 123 cm³/mol. The Morgan fingerprint density at radius 2 is 0.852 bits per heavy atom. The summed E-state index contributed by atoms with van der Waals surface area (Å²) in [6.07, 6.45) is 15.6. The Bertz CT molecular complexity index is 271. The molecule has 0 amide bonds. The Balaban J connectivity index is -0.00000312. The number of rotatable bonds is 18. The van der Waals surface area contributed by atoms with Crippen LogP contribution < -0.4 is 18.9 Å². The van der Waals surface area contributed by atoms with Crippen molar-refractivity contribution in [2.45, 2.75) is 137 Å². The molecule has 0 heterocycles. The monoisotopic (exact) mass is 392 g/mol. The van der Waals surface area contributed by atoms with Gasteiger partial charge in [0.2, 0.25) is 0 Å². The predicted octanol–water partition coefficient (Wildman–Crippen LogP) is 5.69. The standard InChI is InChI=1S/C24H52OSi.Li.H/c1-7-13-16-22(10-4)19-26(25,20-23(11-5)17-14-8-2)21-24(12-6)18-15-9-3;;/h22-25H,7-21H2,1-6H3;;/q;+1;-1. The van der Waals surface area contributed by atoms with Crippen molar-refractivity contribution in [3.8, 4) is 0 Å². The van der Waals surface area contributed by atoms with E-state index >= 15 is 0 Å². The van der Waals surface area contributed by atoms with Crippen molar-refractivity contribution in [1.82, 2.24) is 0 Å². The second-order valence-electron chi connectivity index (χ2n) is 9.09. The minimum absolute atomic E-state index is 0. The molecule has 0 aliphatic heterocycles. The molecule has 3 heteroatoms. The fourth-order valence-electron chi connectivity index (χ4n) is 4.69. The van der Waals surface area contributed by atoms with Crippen LogP contribution in [0.3, 0.4) is 0 Å². The van der Waals surface area contributed by atoms with Gasteiger partial charge in [0.25, 0.3) is 0 Å². The maximum absolute atomic E-state index is 12.0. The van der Waals surface area contributed by atoms with E-state index in [1.54, 1.807) is 0 Å². The van der Waals surface area contributed by atoms with Crippen LogP contribution in [0.15, 0.2) is 0 Å². The molecule has 0 bridgehead atoms. The maximum atomic E-state index is 12.0. The molecule has 0 saturated carbocycles. The summed E-state index contributed by atoms with van der Waals surface area (Å²) in [5.74, 6) is 2.29. The van der Waals surface area contributed by atoms with Crippen LogP contribution >= 0.6 is 0 Å². The molecule has 0 aliphatic rings. The topological polar surface area (TPSA) is 20.2 Å². The van der Waals surface area contributed by atoms with Gasteiger partial charge < -0.3 is 6.22 Å². The van der Waals surface area contributed by atoms with E-state index in [2.05, 4.69) is 41.5 Å². The van der Waals surface area contributed by atoms with Crippen LogP contribution in [-0.4, -0.2) is 13.1 Å². The summed E-state index contributed by atoms with van der Waals surface area (Å²) in [7, 11) is -2.15. The smallest absolute Gasteiger partial charge is 1.00 e. The minimum atomic E-state index is -2.15. The van der Waals surface area contributed by atoms with Crippen LogP contribution in [0.4, 0.5) is 0 Å². The Kier molecular flexibility index (Phi) is 20.8.